The van der Waals surface area contributed by atoms with Crippen molar-refractivity contribution in [2.24, 2.45) is 5.92 Å². The van der Waals surface area contributed by atoms with Gasteiger partial charge in [-0.25, -0.2) is 4.79 Å². The molecule has 3 nitrogen and oxygen atoms in total. The molecular formula is C9H18INO2. The molecule has 0 spiro atoms. The summed E-state index contributed by atoms with van der Waals surface area (Å²) in [4.78, 5) is 10.8. The summed E-state index contributed by atoms with van der Waals surface area (Å²) in [7, 11) is 1.57. The Morgan fingerprint density at radius 2 is 2.23 bits per heavy atom. The molecule has 0 aliphatic rings. The highest BCUT2D eigenvalue weighted by molar-refractivity contribution is 14.1. The van der Waals surface area contributed by atoms with Crippen molar-refractivity contribution in [3.63, 3.8) is 0 Å². The molecule has 0 rings (SSSR count). The molecular weight excluding hydrogens is 281 g/mol. The van der Waals surface area contributed by atoms with Crippen LogP contribution in [0.5, 0.6) is 0 Å². The number of alkyl carbamates (subject to hydrolysis) is 1. The van der Waals surface area contributed by atoms with Gasteiger partial charge in [0, 0.05) is 16.9 Å². The maximum atomic E-state index is 10.8. The van der Waals surface area contributed by atoms with Gasteiger partial charge in [0.05, 0.1) is 6.61 Å². The number of hydrogen-bond donors (Lipinski definition) is 1. The van der Waals surface area contributed by atoms with Crippen LogP contribution in [0.4, 0.5) is 4.79 Å². The van der Waals surface area contributed by atoms with Crippen LogP contribution in [0.15, 0.2) is 0 Å². The van der Waals surface area contributed by atoms with Crippen LogP contribution >= 0.6 is 22.6 Å². The Labute approximate surface area is 93.7 Å². The fourth-order valence-corrected chi connectivity index (χ4v) is 1.64. The zero-order valence-electron chi connectivity index (χ0n) is 8.47. The zero-order valence-corrected chi connectivity index (χ0v) is 10.6. The van der Waals surface area contributed by atoms with E-state index in [0.29, 0.717) is 16.4 Å². The van der Waals surface area contributed by atoms with Gasteiger partial charge in [-0.1, -0.05) is 42.9 Å². The molecule has 78 valence electrons. The number of halogens is 1. The van der Waals surface area contributed by atoms with Crippen LogP contribution in [-0.4, -0.2) is 23.7 Å². The monoisotopic (exact) mass is 299 g/mol. The molecule has 1 N–H and O–H groups in total. The Morgan fingerprint density at radius 1 is 1.62 bits per heavy atom. The molecule has 0 saturated carbocycles. The fraction of sp³-hybridized carbons (Fsp3) is 0.889. The van der Waals surface area contributed by atoms with E-state index in [1.807, 2.05) is 0 Å². The van der Waals surface area contributed by atoms with Gasteiger partial charge in [0.25, 0.3) is 0 Å². The first-order valence-corrected chi connectivity index (χ1v) is 5.85. The number of nitrogens with one attached hydrogen (secondary N) is 1. The number of amides is 1. The molecule has 0 bridgehead atoms. The molecule has 0 radical (unpaired) electrons. The first-order chi connectivity index (χ1) is 6.11. The average molecular weight is 299 g/mol. The number of ether oxygens (including phenoxy) is 1. The summed E-state index contributed by atoms with van der Waals surface area (Å²) in [6, 6.07) is 0. The Hall–Kier alpha value is 0. The minimum Gasteiger partial charge on any atom is -0.449 e. The lowest BCUT2D eigenvalue weighted by Crippen LogP contribution is -2.25. The van der Waals surface area contributed by atoms with Crippen molar-refractivity contribution >= 4 is 28.7 Å². The maximum absolute atomic E-state index is 10.8. The van der Waals surface area contributed by atoms with Gasteiger partial charge in [-0.2, -0.15) is 0 Å². The molecule has 0 aliphatic heterocycles. The highest BCUT2D eigenvalue weighted by atomic mass is 127. The van der Waals surface area contributed by atoms with E-state index in [-0.39, 0.29) is 6.09 Å². The summed E-state index contributed by atoms with van der Waals surface area (Å²) < 4.78 is 5.56. The lowest BCUT2D eigenvalue weighted by molar-refractivity contribution is 0.127. The van der Waals surface area contributed by atoms with Crippen LogP contribution < -0.4 is 5.32 Å². The highest BCUT2D eigenvalue weighted by Crippen LogP contribution is 2.18. The molecule has 0 saturated heterocycles. The third kappa shape index (κ3) is 6.12. The van der Waals surface area contributed by atoms with Gasteiger partial charge in [0.1, 0.15) is 0 Å². The van der Waals surface area contributed by atoms with E-state index in [4.69, 9.17) is 4.74 Å². The van der Waals surface area contributed by atoms with Gasteiger partial charge >= 0.3 is 6.09 Å². The van der Waals surface area contributed by atoms with E-state index >= 15 is 0 Å². The quantitative estimate of drug-likeness (QED) is 0.626. The van der Waals surface area contributed by atoms with Crippen molar-refractivity contribution < 1.29 is 9.53 Å². The number of hydrogen-bond acceptors (Lipinski definition) is 2. The molecule has 0 aromatic carbocycles. The van der Waals surface area contributed by atoms with Crippen molar-refractivity contribution in [3.8, 4) is 0 Å². The molecule has 2 unspecified atom stereocenters. The molecule has 0 aromatic heterocycles. The van der Waals surface area contributed by atoms with Gasteiger partial charge in [0.15, 0.2) is 0 Å². The van der Waals surface area contributed by atoms with Crippen molar-refractivity contribution in [3.05, 3.63) is 0 Å². The SMILES string of the molecule is CCCC(COC(=O)NC)C(C)I. The second-order valence-corrected chi connectivity index (χ2v) is 5.04. The van der Waals surface area contributed by atoms with E-state index in [1.165, 1.54) is 0 Å². The molecule has 0 aliphatic carbocycles. The minimum atomic E-state index is -0.335. The van der Waals surface area contributed by atoms with Crippen LogP contribution in [0.3, 0.4) is 0 Å². The summed E-state index contributed by atoms with van der Waals surface area (Å²) in [5, 5.41) is 2.44. The lowest BCUT2D eigenvalue weighted by Gasteiger charge is -2.18. The maximum Gasteiger partial charge on any atom is 0.406 e. The van der Waals surface area contributed by atoms with E-state index < -0.39 is 0 Å². The first-order valence-electron chi connectivity index (χ1n) is 4.60. The second-order valence-electron chi connectivity index (χ2n) is 3.07. The third-order valence-electron chi connectivity index (χ3n) is 1.94. The topological polar surface area (TPSA) is 38.3 Å². The molecule has 13 heavy (non-hydrogen) atoms. The fourth-order valence-electron chi connectivity index (χ4n) is 1.07. The lowest BCUT2D eigenvalue weighted by atomic mass is 10.0. The number of alkyl halides is 1. The summed E-state index contributed by atoms with van der Waals surface area (Å²) in [6.45, 7) is 4.82. The van der Waals surface area contributed by atoms with Crippen LogP contribution in [0.25, 0.3) is 0 Å². The third-order valence-corrected chi connectivity index (χ3v) is 2.96. The Kier molecular flexibility index (Phi) is 7.41. The summed E-state index contributed by atoms with van der Waals surface area (Å²) in [5.74, 6) is 0.475. The first kappa shape index (κ1) is 13.0. The number of carbonyl (C=O) groups excluding carboxylic acids is 1. The van der Waals surface area contributed by atoms with Crippen molar-refractivity contribution in [2.75, 3.05) is 13.7 Å². The molecule has 0 heterocycles. The summed E-state index contributed by atoms with van der Waals surface area (Å²) >= 11 is 2.37. The smallest absolute Gasteiger partial charge is 0.406 e. The molecule has 0 aromatic rings. The van der Waals surface area contributed by atoms with Crippen molar-refractivity contribution in [1.29, 1.82) is 0 Å². The standard InChI is InChI=1S/C9H18INO2/c1-4-5-8(7(2)10)6-13-9(12)11-3/h7-8H,4-6H2,1-3H3,(H,11,12). The Morgan fingerprint density at radius 3 is 2.62 bits per heavy atom. The zero-order chi connectivity index (χ0) is 10.3. The summed E-state index contributed by atoms with van der Waals surface area (Å²) in [5.41, 5.74) is 0. The van der Waals surface area contributed by atoms with E-state index in [0.717, 1.165) is 12.8 Å². The van der Waals surface area contributed by atoms with Crippen LogP contribution in [0.1, 0.15) is 26.7 Å². The van der Waals surface area contributed by atoms with Crippen molar-refractivity contribution in [1.82, 2.24) is 5.32 Å². The average Bonchev–Trinajstić information content (AvgIpc) is 2.11. The van der Waals surface area contributed by atoms with Gasteiger partial charge in [-0.15, -0.1) is 0 Å². The number of carbonyl (C=O) groups is 1. The van der Waals surface area contributed by atoms with Gasteiger partial charge < -0.3 is 10.1 Å². The predicted molar refractivity (Wildman–Crippen MR) is 62.3 cm³/mol. The normalized spacial score (nSPS) is 14.8. The summed E-state index contributed by atoms with van der Waals surface area (Å²) in [6.07, 6.45) is 1.91. The predicted octanol–water partition coefficient (Wildman–Crippen LogP) is 2.58. The van der Waals surface area contributed by atoms with Crippen molar-refractivity contribution in [2.45, 2.75) is 30.6 Å². The van der Waals surface area contributed by atoms with Crippen LogP contribution in [0, 0.1) is 5.92 Å². The minimum absolute atomic E-state index is 0.335. The Balaban J connectivity index is 3.75. The molecule has 4 heteroatoms. The number of rotatable bonds is 5. The second kappa shape index (κ2) is 7.41. The van der Waals surface area contributed by atoms with Crippen LogP contribution in [-0.2, 0) is 4.74 Å². The van der Waals surface area contributed by atoms with Crippen LogP contribution in [0.2, 0.25) is 0 Å². The van der Waals surface area contributed by atoms with E-state index in [1.54, 1.807) is 7.05 Å². The van der Waals surface area contributed by atoms with Gasteiger partial charge in [-0.3, -0.25) is 0 Å². The molecule has 0 fully saturated rings. The molecule has 1 amide bonds. The Bertz CT molecular complexity index is 151. The van der Waals surface area contributed by atoms with E-state index in [2.05, 4.69) is 41.8 Å². The highest BCUT2D eigenvalue weighted by Gasteiger charge is 2.15. The van der Waals surface area contributed by atoms with Gasteiger partial charge in [0.2, 0.25) is 0 Å². The van der Waals surface area contributed by atoms with Gasteiger partial charge in [-0.05, 0) is 6.42 Å². The molecule has 2 atom stereocenters. The largest absolute Gasteiger partial charge is 0.449 e. The van der Waals surface area contributed by atoms with E-state index in [9.17, 15) is 4.79 Å².